The lowest BCUT2D eigenvalue weighted by atomic mass is 9.80. The fraction of sp³-hybridized carbons (Fsp3) is 0.333. The fourth-order valence-electron chi connectivity index (χ4n) is 2.98. The number of aliphatic hydroxyl groups excluding tert-OH is 1. The van der Waals surface area contributed by atoms with Gasteiger partial charge in [-0.15, -0.1) is 0 Å². The first-order chi connectivity index (χ1) is 13.8. The molecule has 0 aromatic heterocycles. The zero-order valence-electron chi connectivity index (χ0n) is 15.6. The third-order valence-corrected chi connectivity index (χ3v) is 4.96. The van der Waals surface area contributed by atoms with Gasteiger partial charge < -0.3 is 19.3 Å². The highest BCUT2D eigenvalue weighted by Crippen LogP contribution is 2.50. The van der Waals surface area contributed by atoms with Crippen molar-refractivity contribution >= 4 is 11.9 Å². The molecule has 154 valence electrons. The maximum atomic E-state index is 14.6. The van der Waals surface area contributed by atoms with Crippen LogP contribution in [-0.4, -0.2) is 48.6 Å². The van der Waals surface area contributed by atoms with Crippen molar-refractivity contribution in [3.8, 4) is 0 Å². The van der Waals surface area contributed by atoms with E-state index in [4.69, 9.17) is 14.2 Å². The van der Waals surface area contributed by atoms with Gasteiger partial charge in [0.25, 0.3) is 0 Å². The Morgan fingerprint density at radius 3 is 1.97 bits per heavy atom. The second kappa shape index (κ2) is 8.26. The van der Waals surface area contributed by atoms with Crippen molar-refractivity contribution in [3.05, 3.63) is 71.8 Å². The van der Waals surface area contributed by atoms with E-state index >= 15 is 0 Å². The van der Waals surface area contributed by atoms with E-state index in [0.29, 0.717) is 0 Å². The fourth-order valence-corrected chi connectivity index (χ4v) is 2.98. The lowest BCUT2D eigenvalue weighted by Crippen LogP contribution is -2.49. The molecule has 0 radical (unpaired) electrons. The number of benzene rings is 2. The van der Waals surface area contributed by atoms with E-state index in [1.165, 1.54) is 24.3 Å². The van der Waals surface area contributed by atoms with Gasteiger partial charge in [-0.2, -0.15) is 0 Å². The summed E-state index contributed by atoms with van der Waals surface area (Å²) in [4.78, 5) is 24.2. The first kappa shape index (κ1) is 20.9. The normalized spacial score (nSPS) is 25.4. The van der Waals surface area contributed by atoms with Crippen LogP contribution in [-0.2, 0) is 14.2 Å². The Kier molecular flexibility index (Phi) is 5.95. The van der Waals surface area contributed by atoms with Crippen LogP contribution < -0.4 is 0 Å². The number of carbonyl (C=O) groups excluding carboxylic acids is 2. The number of hydrogen-bond acceptors (Lipinski definition) is 6. The molecule has 2 aromatic rings. The Labute approximate surface area is 166 Å². The quantitative estimate of drug-likeness (QED) is 0.743. The zero-order chi connectivity index (χ0) is 21.1. The number of alkyl halides is 2. The number of rotatable bonds is 6. The van der Waals surface area contributed by atoms with Crippen molar-refractivity contribution in [3.63, 3.8) is 0 Å². The summed E-state index contributed by atoms with van der Waals surface area (Å²) in [6, 6.07) is 15.9. The molecule has 3 atom stereocenters. The summed E-state index contributed by atoms with van der Waals surface area (Å²) < 4.78 is 44.4. The zero-order valence-corrected chi connectivity index (χ0v) is 15.6. The average molecular weight is 406 g/mol. The molecule has 0 aliphatic carbocycles. The van der Waals surface area contributed by atoms with Crippen molar-refractivity contribution in [1.29, 1.82) is 0 Å². The lowest BCUT2D eigenvalue weighted by Gasteiger charge is -2.33. The van der Waals surface area contributed by atoms with Crippen molar-refractivity contribution in [2.45, 2.75) is 25.2 Å². The highest BCUT2D eigenvalue weighted by Gasteiger charge is 2.67. The molecule has 1 unspecified atom stereocenters. The largest absolute Gasteiger partial charge is 0.461 e. The van der Waals surface area contributed by atoms with Crippen LogP contribution in [0, 0.1) is 5.41 Å². The van der Waals surface area contributed by atoms with Gasteiger partial charge in [0.1, 0.15) is 24.7 Å². The summed E-state index contributed by atoms with van der Waals surface area (Å²) in [5.41, 5.74) is -1.66. The Bertz CT molecular complexity index is 858. The molecule has 2 aromatic carbocycles. The molecule has 1 aliphatic heterocycles. The molecule has 0 spiro atoms. The molecule has 0 amide bonds. The van der Waals surface area contributed by atoms with Crippen molar-refractivity contribution in [2.24, 2.45) is 5.41 Å². The molecular weight excluding hydrogens is 386 g/mol. The SMILES string of the molecule is CC1(COC(=O)c2ccccc2)[C@@H](COC(=O)c2ccccc2)O[C@@H](O)C1(F)F. The van der Waals surface area contributed by atoms with Crippen LogP contribution in [0.3, 0.4) is 0 Å². The maximum Gasteiger partial charge on any atom is 0.338 e. The highest BCUT2D eigenvalue weighted by molar-refractivity contribution is 5.89. The van der Waals surface area contributed by atoms with Crippen LogP contribution >= 0.6 is 0 Å². The van der Waals surface area contributed by atoms with Crippen LogP contribution in [0.2, 0.25) is 0 Å². The second-order valence-corrected chi connectivity index (χ2v) is 6.92. The van der Waals surface area contributed by atoms with Gasteiger partial charge in [0.15, 0.2) is 0 Å². The minimum Gasteiger partial charge on any atom is -0.461 e. The van der Waals surface area contributed by atoms with Crippen molar-refractivity contribution < 1.29 is 37.7 Å². The summed E-state index contributed by atoms with van der Waals surface area (Å²) in [5, 5.41) is 9.67. The Morgan fingerprint density at radius 1 is 0.966 bits per heavy atom. The molecule has 0 bridgehead atoms. The number of aliphatic hydroxyl groups is 1. The highest BCUT2D eigenvalue weighted by atomic mass is 19.3. The molecule has 8 heteroatoms. The van der Waals surface area contributed by atoms with Crippen LogP contribution in [0.15, 0.2) is 60.7 Å². The molecule has 0 saturated carbocycles. The Morgan fingerprint density at radius 2 is 1.45 bits per heavy atom. The van der Waals surface area contributed by atoms with E-state index in [0.717, 1.165) is 6.92 Å². The number of hydrogen-bond donors (Lipinski definition) is 1. The molecule has 1 N–H and O–H groups in total. The summed E-state index contributed by atoms with van der Waals surface area (Å²) in [5.74, 6) is -5.24. The smallest absolute Gasteiger partial charge is 0.338 e. The standard InChI is InChI=1S/C21H20F2O6/c1-20(13-28-18(25)15-10-6-3-7-11-15)16(29-19(26)21(20,22)23)12-27-17(24)14-8-4-2-5-9-14/h2-11,16,19,26H,12-13H2,1H3/t16-,19-,20?/m1/s1. The molecular formula is C21H20F2O6. The summed E-state index contributed by atoms with van der Waals surface area (Å²) in [7, 11) is 0. The summed E-state index contributed by atoms with van der Waals surface area (Å²) in [6.45, 7) is -0.166. The second-order valence-electron chi connectivity index (χ2n) is 6.92. The van der Waals surface area contributed by atoms with E-state index < -0.39 is 48.9 Å². The van der Waals surface area contributed by atoms with Crippen molar-refractivity contribution in [2.75, 3.05) is 13.2 Å². The topological polar surface area (TPSA) is 82.1 Å². The summed E-state index contributed by atoms with van der Waals surface area (Å²) >= 11 is 0. The van der Waals surface area contributed by atoms with E-state index in [1.807, 2.05) is 0 Å². The molecule has 3 rings (SSSR count). The van der Waals surface area contributed by atoms with Crippen LogP contribution in [0.4, 0.5) is 8.78 Å². The van der Waals surface area contributed by atoms with Gasteiger partial charge >= 0.3 is 17.9 Å². The van der Waals surface area contributed by atoms with Gasteiger partial charge in [0.2, 0.25) is 6.29 Å². The van der Waals surface area contributed by atoms with Gasteiger partial charge in [-0.1, -0.05) is 36.4 Å². The first-order valence-corrected chi connectivity index (χ1v) is 8.91. The predicted octanol–water partition coefficient (Wildman–Crippen LogP) is 3.06. The minimum absolute atomic E-state index is 0.200. The van der Waals surface area contributed by atoms with Crippen LogP contribution in [0.25, 0.3) is 0 Å². The third-order valence-electron chi connectivity index (χ3n) is 4.96. The van der Waals surface area contributed by atoms with Gasteiger partial charge in [0, 0.05) is 0 Å². The molecule has 6 nitrogen and oxygen atoms in total. The Hall–Kier alpha value is -2.84. The van der Waals surface area contributed by atoms with Gasteiger partial charge in [-0.05, 0) is 31.2 Å². The molecule has 1 aliphatic rings. The van der Waals surface area contributed by atoms with E-state index in [9.17, 15) is 23.5 Å². The van der Waals surface area contributed by atoms with Crippen LogP contribution in [0.5, 0.6) is 0 Å². The van der Waals surface area contributed by atoms with E-state index in [1.54, 1.807) is 36.4 Å². The monoisotopic (exact) mass is 406 g/mol. The summed E-state index contributed by atoms with van der Waals surface area (Å²) in [6.07, 6.45) is -3.80. The van der Waals surface area contributed by atoms with Gasteiger partial charge in [-0.25, -0.2) is 18.4 Å². The average Bonchev–Trinajstić information content (AvgIpc) is 2.91. The lowest BCUT2D eigenvalue weighted by molar-refractivity contribution is -0.206. The van der Waals surface area contributed by atoms with Crippen LogP contribution in [0.1, 0.15) is 27.6 Å². The molecule has 1 saturated heterocycles. The third kappa shape index (κ3) is 4.13. The van der Waals surface area contributed by atoms with Gasteiger partial charge in [-0.3, -0.25) is 0 Å². The molecule has 1 fully saturated rings. The van der Waals surface area contributed by atoms with E-state index in [-0.39, 0.29) is 11.1 Å². The number of halogens is 2. The predicted molar refractivity (Wildman–Crippen MR) is 97.4 cm³/mol. The maximum absolute atomic E-state index is 14.6. The number of ether oxygens (including phenoxy) is 3. The number of esters is 2. The minimum atomic E-state index is -3.73. The van der Waals surface area contributed by atoms with E-state index in [2.05, 4.69) is 0 Å². The first-order valence-electron chi connectivity index (χ1n) is 8.91. The molecule has 29 heavy (non-hydrogen) atoms. The van der Waals surface area contributed by atoms with Crippen molar-refractivity contribution in [1.82, 2.24) is 0 Å². The van der Waals surface area contributed by atoms with Gasteiger partial charge in [0.05, 0.1) is 11.1 Å². The Balaban J connectivity index is 1.70. The molecule has 1 heterocycles. The number of carbonyl (C=O) groups is 2.